The molecular formula is C20H31NO2. The maximum absolute atomic E-state index is 12.3. The summed E-state index contributed by atoms with van der Waals surface area (Å²) < 4.78 is 6.10. The van der Waals surface area contributed by atoms with Gasteiger partial charge in [-0.25, -0.2) is 0 Å². The summed E-state index contributed by atoms with van der Waals surface area (Å²) in [5.41, 5.74) is 1.18. The van der Waals surface area contributed by atoms with E-state index < -0.39 is 0 Å². The maximum atomic E-state index is 12.3. The molecule has 3 nitrogen and oxygen atoms in total. The van der Waals surface area contributed by atoms with Crippen molar-refractivity contribution < 1.29 is 9.53 Å². The van der Waals surface area contributed by atoms with Crippen molar-refractivity contribution in [2.24, 2.45) is 5.41 Å². The van der Waals surface area contributed by atoms with Crippen LogP contribution in [0.2, 0.25) is 0 Å². The van der Waals surface area contributed by atoms with Crippen LogP contribution in [-0.4, -0.2) is 30.0 Å². The Hall–Kier alpha value is -1.51. The Morgan fingerprint density at radius 1 is 1.00 bits per heavy atom. The van der Waals surface area contributed by atoms with E-state index in [0.29, 0.717) is 0 Å². The van der Waals surface area contributed by atoms with E-state index in [9.17, 15) is 4.79 Å². The number of hydrogen-bond donors (Lipinski definition) is 0. The molecule has 1 fully saturated rings. The van der Waals surface area contributed by atoms with Gasteiger partial charge in [-0.15, -0.1) is 0 Å². The molecule has 0 radical (unpaired) electrons. The van der Waals surface area contributed by atoms with Crippen LogP contribution in [0.5, 0.6) is 5.75 Å². The average molecular weight is 317 g/mol. The molecule has 0 bridgehead atoms. The van der Waals surface area contributed by atoms with Gasteiger partial charge in [0.1, 0.15) is 11.9 Å². The van der Waals surface area contributed by atoms with Crippen LogP contribution in [-0.2, 0) is 10.2 Å². The Balaban J connectivity index is 1.88. The van der Waals surface area contributed by atoms with Gasteiger partial charge in [0.15, 0.2) is 0 Å². The molecule has 128 valence electrons. The molecule has 0 N–H and O–H groups in total. The highest BCUT2D eigenvalue weighted by Gasteiger charge is 2.30. The minimum atomic E-state index is -0.295. The second-order valence-corrected chi connectivity index (χ2v) is 8.63. The summed E-state index contributed by atoms with van der Waals surface area (Å²) in [7, 11) is 0. The summed E-state index contributed by atoms with van der Waals surface area (Å²) in [6.45, 7) is 14.2. The van der Waals surface area contributed by atoms with E-state index in [1.807, 2.05) is 25.7 Å². The molecule has 1 amide bonds. The van der Waals surface area contributed by atoms with Crippen LogP contribution in [0.1, 0.15) is 59.9 Å². The molecule has 0 spiro atoms. The molecule has 1 aromatic rings. The molecule has 1 aromatic carbocycles. The van der Waals surface area contributed by atoms with Gasteiger partial charge in [-0.05, 0) is 23.1 Å². The smallest absolute Gasteiger partial charge is 0.227 e. The minimum absolute atomic E-state index is 0.164. The lowest BCUT2D eigenvalue weighted by molar-refractivity contribution is -0.141. The third-order valence-electron chi connectivity index (χ3n) is 4.39. The second kappa shape index (κ2) is 6.54. The van der Waals surface area contributed by atoms with Gasteiger partial charge in [0, 0.05) is 31.3 Å². The minimum Gasteiger partial charge on any atom is -0.490 e. The summed E-state index contributed by atoms with van der Waals surface area (Å²) >= 11 is 0. The average Bonchev–Trinajstić information content (AvgIpc) is 2.46. The number of likely N-dealkylation sites (tertiary alicyclic amines) is 1. The van der Waals surface area contributed by atoms with Crippen molar-refractivity contribution in [3.63, 3.8) is 0 Å². The number of nitrogens with zero attached hydrogens (tertiary/aromatic N) is 1. The molecule has 0 atom stereocenters. The van der Waals surface area contributed by atoms with Gasteiger partial charge in [-0.1, -0.05) is 53.7 Å². The number of carbonyl (C=O) groups is 1. The van der Waals surface area contributed by atoms with Crippen LogP contribution < -0.4 is 4.74 Å². The number of benzene rings is 1. The van der Waals surface area contributed by atoms with E-state index in [1.54, 1.807) is 0 Å². The predicted octanol–water partition coefficient (Wildman–Crippen LogP) is 4.40. The lowest BCUT2D eigenvalue weighted by Gasteiger charge is -2.35. The van der Waals surface area contributed by atoms with Crippen LogP contribution in [0.3, 0.4) is 0 Å². The summed E-state index contributed by atoms with van der Waals surface area (Å²) in [6, 6.07) is 8.42. The van der Waals surface area contributed by atoms with Gasteiger partial charge in [0.25, 0.3) is 0 Å². The van der Waals surface area contributed by atoms with Crippen molar-refractivity contribution in [2.75, 3.05) is 13.1 Å². The molecule has 1 aliphatic heterocycles. The van der Waals surface area contributed by atoms with Crippen LogP contribution in [0.25, 0.3) is 0 Å². The summed E-state index contributed by atoms with van der Waals surface area (Å²) in [5.74, 6) is 1.17. The zero-order valence-electron chi connectivity index (χ0n) is 15.5. The molecule has 23 heavy (non-hydrogen) atoms. The van der Waals surface area contributed by atoms with Gasteiger partial charge in [0.05, 0.1) is 0 Å². The van der Waals surface area contributed by atoms with Crippen molar-refractivity contribution in [2.45, 2.75) is 65.9 Å². The Bertz CT molecular complexity index is 526. The summed E-state index contributed by atoms with van der Waals surface area (Å²) in [5, 5.41) is 0. The third-order valence-corrected chi connectivity index (χ3v) is 4.39. The molecule has 1 saturated heterocycles. The summed E-state index contributed by atoms with van der Waals surface area (Å²) in [4.78, 5) is 14.3. The first-order valence-corrected chi connectivity index (χ1v) is 8.64. The van der Waals surface area contributed by atoms with Crippen molar-refractivity contribution in [1.29, 1.82) is 0 Å². The number of carbonyl (C=O) groups excluding carboxylic acids is 1. The van der Waals surface area contributed by atoms with Crippen LogP contribution in [0, 0.1) is 5.41 Å². The molecule has 1 aliphatic rings. The van der Waals surface area contributed by atoms with Crippen LogP contribution in [0.4, 0.5) is 0 Å². The van der Waals surface area contributed by atoms with E-state index in [0.717, 1.165) is 31.7 Å². The number of ether oxygens (including phenoxy) is 1. The van der Waals surface area contributed by atoms with Crippen molar-refractivity contribution in [3.8, 4) is 5.75 Å². The van der Waals surface area contributed by atoms with E-state index >= 15 is 0 Å². The van der Waals surface area contributed by atoms with E-state index in [4.69, 9.17) is 4.74 Å². The fraction of sp³-hybridized carbons (Fsp3) is 0.650. The van der Waals surface area contributed by atoms with Gasteiger partial charge in [-0.2, -0.15) is 0 Å². The van der Waals surface area contributed by atoms with Crippen LogP contribution >= 0.6 is 0 Å². The molecule has 3 heteroatoms. The molecular weight excluding hydrogens is 286 g/mol. The molecule has 2 rings (SSSR count). The maximum Gasteiger partial charge on any atom is 0.227 e. The quantitative estimate of drug-likeness (QED) is 0.809. The molecule has 1 heterocycles. The van der Waals surface area contributed by atoms with Gasteiger partial charge >= 0.3 is 0 Å². The third kappa shape index (κ3) is 4.73. The number of hydrogen-bond acceptors (Lipinski definition) is 2. The Morgan fingerprint density at radius 3 is 1.96 bits per heavy atom. The zero-order valence-corrected chi connectivity index (χ0v) is 15.5. The Labute approximate surface area is 141 Å². The number of rotatable bonds is 2. The lowest BCUT2D eigenvalue weighted by atomic mass is 9.87. The van der Waals surface area contributed by atoms with E-state index in [2.05, 4.69) is 45.0 Å². The first-order valence-electron chi connectivity index (χ1n) is 8.64. The van der Waals surface area contributed by atoms with Gasteiger partial charge in [-0.3, -0.25) is 4.79 Å². The first kappa shape index (κ1) is 17.8. The van der Waals surface area contributed by atoms with Gasteiger partial charge in [0.2, 0.25) is 5.91 Å². The topological polar surface area (TPSA) is 29.5 Å². The highest BCUT2D eigenvalue weighted by molar-refractivity contribution is 5.81. The fourth-order valence-electron chi connectivity index (χ4n) is 2.88. The molecule has 0 saturated carbocycles. The Kier molecular flexibility index (Phi) is 5.07. The molecule has 0 aliphatic carbocycles. The van der Waals surface area contributed by atoms with Crippen molar-refractivity contribution in [1.82, 2.24) is 4.90 Å². The van der Waals surface area contributed by atoms with Crippen molar-refractivity contribution in [3.05, 3.63) is 29.8 Å². The standard InChI is InChI=1S/C20H31NO2/c1-19(2,3)15-7-9-16(10-8-15)23-17-11-13-21(14-12-17)18(22)20(4,5)6/h7-10,17H,11-14H2,1-6H3. The van der Waals surface area contributed by atoms with E-state index in [-0.39, 0.29) is 22.8 Å². The second-order valence-electron chi connectivity index (χ2n) is 8.63. The highest BCUT2D eigenvalue weighted by atomic mass is 16.5. The monoisotopic (exact) mass is 317 g/mol. The summed E-state index contributed by atoms with van der Waals surface area (Å²) in [6.07, 6.45) is 2.02. The van der Waals surface area contributed by atoms with Crippen LogP contribution in [0.15, 0.2) is 24.3 Å². The Morgan fingerprint density at radius 2 is 1.52 bits per heavy atom. The normalized spacial score (nSPS) is 17.2. The molecule has 0 aromatic heterocycles. The highest BCUT2D eigenvalue weighted by Crippen LogP contribution is 2.26. The first-order chi connectivity index (χ1) is 10.6. The predicted molar refractivity (Wildman–Crippen MR) is 94.8 cm³/mol. The van der Waals surface area contributed by atoms with E-state index in [1.165, 1.54) is 5.56 Å². The number of piperidine rings is 1. The zero-order chi connectivity index (χ0) is 17.3. The fourth-order valence-corrected chi connectivity index (χ4v) is 2.88. The SMILES string of the molecule is CC(C)(C)C(=O)N1CCC(Oc2ccc(C(C)(C)C)cc2)CC1. The van der Waals surface area contributed by atoms with Gasteiger partial charge < -0.3 is 9.64 Å². The van der Waals surface area contributed by atoms with Crippen molar-refractivity contribution >= 4 is 5.91 Å². The number of amides is 1. The molecule has 0 unspecified atom stereocenters. The largest absolute Gasteiger partial charge is 0.490 e. The lowest BCUT2D eigenvalue weighted by Crippen LogP contribution is -2.46.